The molecule has 2 atom stereocenters. The van der Waals surface area contributed by atoms with E-state index in [1.807, 2.05) is 0 Å². The van der Waals surface area contributed by atoms with Crippen molar-refractivity contribution < 1.29 is 0 Å². The molecule has 0 bridgehead atoms. The van der Waals surface area contributed by atoms with Crippen LogP contribution in [0, 0.1) is 0 Å². The summed E-state index contributed by atoms with van der Waals surface area (Å²) in [5.41, 5.74) is 5.94. The summed E-state index contributed by atoms with van der Waals surface area (Å²) in [5.74, 6) is 0. The van der Waals surface area contributed by atoms with Crippen LogP contribution in [0.5, 0.6) is 0 Å². The molecule has 2 heteroatoms. The van der Waals surface area contributed by atoms with Gasteiger partial charge in [0.25, 0.3) is 0 Å². The number of hydrogen-bond acceptors (Lipinski definition) is 2. The number of hydrogen-bond donors (Lipinski definition) is 2. The Labute approximate surface area is 68.8 Å². The molecule has 1 fully saturated rings. The Balaban J connectivity index is 2.52. The molecule has 2 N–H and O–H groups in total. The molecular weight excluding hydrogens is 142 g/mol. The molecular formula is C8H17NS. The molecule has 0 unspecified atom stereocenters. The number of rotatable bonds is 0. The quantitative estimate of drug-likeness (QED) is 0.410. The van der Waals surface area contributed by atoms with Gasteiger partial charge in [-0.3, -0.25) is 0 Å². The fourth-order valence-electron chi connectivity index (χ4n) is 1.52. The first-order valence-corrected chi connectivity index (χ1v) is 4.55. The van der Waals surface area contributed by atoms with Gasteiger partial charge >= 0.3 is 0 Å². The number of nitrogens with two attached hydrogens (primary N) is 1. The molecule has 10 heavy (non-hydrogen) atoms. The summed E-state index contributed by atoms with van der Waals surface area (Å²) in [4.78, 5) is 0. The minimum absolute atomic E-state index is 0.0938. The van der Waals surface area contributed by atoms with Crippen molar-refractivity contribution in [2.24, 2.45) is 5.73 Å². The van der Waals surface area contributed by atoms with Crippen molar-refractivity contribution >= 4 is 12.6 Å². The smallest absolute Gasteiger partial charge is 0.0252 e. The monoisotopic (exact) mass is 159 g/mol. The van der Waals surface area contributed by atoms with E-state index >= 15 is 0 Å². The zero-order valence-corrected chi connectivity index (χ0v) is 7.53. The largest absolute Gasteiger partial charge is 0.326 e. The van der Waals surface area contributed by atoms with Crippen molar-refractivity contribution in [3.8, 4) is 0 Å². The Kier molecular flexibility index (Phi) is 2.64. The Bertz CT molecular complexity index is 112. The third-order valence-electron chi connectivity index (χ3n) is 2.50. The van der Waals surface area contributed by atoms with Crippen LogP contribution in [0.4, 0.5) is 0 Å². The lowest BCUT2D eigenvalue weighted by atomic mass is 9.97. The van der Waals surface area contributed by atoms with Crippen LogP contribution in [0.2, 0.25) is 0 Å². The summed E-state index contributed by atoms with van der Waals surface area (Å²) < 4.78 is 0.0938. The summed E-state index contributed by atoms with van der Waals surface area (Å²) in [7, 11) is 0. The van der Waals surface area contributed by atoms with Gasteiger partial charge in [0.05, 0.1) is 0 Å². The van der Waals surface area contributed by atoms with Crippen molar-refractivity contribution in [3.63, 3.8) is 0 Å². The first-order valence-electron chi connectivity index (χ1n) is 4.11. The minimum atomic E-state index is 0.0938. The summed E-state index contributed by atoms with van der Waals surface area (Å²) in [5, 5.41) is 0. The van der Waals surface area contributed by atoms with Crippen LogP contribution in [0.3, 0.4) is 0 Å². The maximum absolute atomic E-state index is 5.94. The predicted octanol–water partition coefficient (Wildman–Crippen LogP) is 1.97. The SMILES string of the molecule is C[C@]1(S)CCCCC[C@H]1N. The molecule has 0 aromatic carbocycles. The van der Waals surface area contributed by atoms with Crippen molar-refractivity contribution in [3.05, 3.63) is 0 Å². The second-order valence-corrected chi connectivity index (χ2v) is 4.58. The van der Waals surface area contributed by atoms with E-state index in [-0.39, 0.29) is 4.75 Å². The first-order chi connectivity index (χ1) is 4.63. The Morgan fingerprint density at radius 3 is 2.80 bits per heavy atom. The maximum atomic E-state index is 5.94. The van der Waals surface area contributed by atoms with Crippen LogP contribution in [-0.2, 0) is 0 Å². The Hall–Kier alpha value is 0.310. The average Bonchev–Trinajstić information content (AvgIpc) is 1.96. The van der Waals surface area contributed by atoms with Gasteiger partial charge in [-0.05, 0) is 19.8 Å². The summed E-state index contributed by atoms with van der Waals surface area (Å²) in [6.45, 7) is 2.16. The highest BCUT2D eigenvalue weighted by molar-refractivity contribution is 7.81. The van der Waals surface area contributed by atoms with Gasteiger partial charge in [-0.1, -0.05) is 19.3 Å². The van der Waals surface area contributed by atoms with E-state index in [2.05, 4.69) is 19.6 Å². The highest BCUT2D eigenvalue weighted by Crippen LogP contribution is 2.30. The minimum Gasteiger partial charge on any atom is -0.326 e. The number of thiol groups is 1. The fourth-order valence-corrected chi connectivity index (χ4v) is 1.81. The summed E-state index contributed by atoms with van der Waals surface area (Å²) in [6, 6.07) is 0.304. The molecule has 60 valence electrons. The van der Waals surface area contributed by atoms with Crippen molar-refractivity contribution in [2.45, 2.75) is 49.8 Å². The first kappa shape index (κ1) is 8.41. The molecule has 1 aliphatic carbocycles. The molecule has 0 heterocycles. The van der Waals surface area contributed by atoms with E-state index in [1.165, 1.54) is 25.7 Å². The van der Waals surface area contributed by atoms with Gasteiger partial charge in [0, 0.05) is 10.8 Å². The van der Waals surface area contributed by atoms with Crippen molar-refractivity contribution in [2.75, 3.05) is 0 Å². The van der Waals surface area contributed by atoms with E-state index in [9.17, 15) is 0 Å². The van der Waals surface area contributed by atoms with E-state index in [0.717, 1.165) is 6.42 Å². The summed E-state index contributed by atoms with van der Waals surface area (Å²) >= 11 is 4.56. The average molecular weight is 159 g/mol. The van der Waals surface area contributed by atoms with Gasteiger partial charge in [-0.25, -0.2) is 0 Å². The summed E-state index contributed by atoms with van der Waals surface area (Å²) in [6.07, 6.45) is 6.26. The molecule has 1 aliphatic rings. The van der Waals surface area contributed by atoms with Crippen LogP contribution in [-0.4, -0.2) is 10.8 Å². The molecule has 0 saturated heterocycles. The fraction of sp³-hybridized carbons (Fsp3) is 1.00. The molecule has 0 aromatic heterocycles. The van der Waals surface area contributed by atoms with Gasteiger partial charge in [0.15, 0.2) is 0 Å². The van der Waals surface area contributed by atoms with Crippen LogP contribution < -0.4 is 5.73 Å². The van der Waals surface area contributed by atoms with Crippen LogP contribution in [0.1, 0.15) is 39.0 Å². The third-order valence-corrected chi connectivity index (χ3v) is 3.05. The topological polar surface area (TPSA) is 26.0 Å². The highest BCUT2D eigenvalue weighted by Gasteiger charge is 2.28. The van der Waals surface area contributed by atoms with Crippen LogP contribution in [0.15, 0.2) is 0 Å². The second kappa shape index (κ2) is 3.14. The highest BCUT2D eigenvalue weighted by atomic mass is 32.1. The Morgan fingerprint density at radius 2 is 2.10 bits per heavy atom. The van der Waals surface area contributed by atoms with Gasteiger partial charge < -0.3 is 5.73 Å². The van der Waals surface area contributed by atoms with Gasteiger partial charge in [-0.15, -0.1) is 0 Å². The van der Waals surface area contributed by atoms with Crippen molar-refractivity contribution in [1.82, 2.24) is 0 Å². The molecule has 0 spiro atoms. The predicted molar refractivity (Wildman–Crippen MR) is 48.5 cm³/mol. The maximum Gasteiger partial charge on any atom is 0.0252 e. The molecule has 0 aliphatic heterocycles. The van der Waals surface area contributed by atoms with Crippen LogP contribution >= 0.6 is 12.6 Å². The Morgan fingerprint density at radius 1 is 1.40 bits per heavy atom. The molecule has 1 rings (SSSR count). The van der Waals surface area contributed by atoms with E-state index in [4.69, 9.17) is 5.73 Å². The zero-order valence-electron chi connectivity index (χ0n) is 6.64. The third kappa shape index (κ3) is 1.89. The normalized spacial score (nSPS) is 42.9. The lowest BCUT2D eigenvalue weighted by molar-refractivity contribution is 0.480. The van der Waals surface area contributed by atoms with E-state index < -0.39 is 0 Å². The molecule has 0 amide bonds. The van der Waals surface area contributed by atoms with Gasteiger partial charge in [0.1, 0.15) is 0 Å². The van der Waals surface area contributed by atoms with Crippen molar-refractivity contribution in [1.29, 1.82) is 0 Å². The zero-order chi connectivity index (χ0) is 7.61. The standard InChI is InChI=1S/C8H17NS/c1-8(10)6-4-2-3-5-7(8)9/h7,10H,2-6,9H2,1H3/t7-,8+/m1/s1. The molecule has 0 radical (unpaired) electrons. The van der Waals surface area contributed by atoms with Gasteiger partial charge in [0.2, 0.25) is 0 Å². The molecule has 0 aromatic rings. The second-order valence-electron chi connectivity index (χ2n) is 3.56. The van der Waals surface area contributed by atoms with E-state index in [1.54, 1.807) is 0 Å². The molecule has 1 nitrogen and oxygen atoms in total. The lowest BCUT2D eigenvalue weighted by Gasteiger charge is -2.28. The molecule has 1 saturated carbocycles. The van der Waals surface area contributed by atoms with E-state index in [0.29, 0.717) is 6.04 Å². The lowest BCUT2D eigenvalue weighted by Crippen LogP contribution is -2.39. The van der Waals surface area contributed by atoms with Gasteiger partial charge in [-0.2, -0.15) is 12.6 Å². The van der Waals surface area contributed by atoms with Crippen LogP contribution in [0.25, 0.3) is 0 Å².